The van der Waals surface area contributed by atoms with Crippen LogP contribution in [0.3, 0.4) is 0 Å². The molecule has 1 aromatic rings. The van der Waals surface area contributed by atoms with Crippen molar-refractivity contribution in [3.63, 3.8) is 0 Å². The summed E-state index contributed by atoms with van der Waals surface area (Å²) in [4.78, 5) is 0. The van der Waals surface area contributed by atoms with Gasteiger partial charge in [-0.25, -0.2) is 0 Å². The molecule has 1 aromatic heterocycles. The number of halogens is 1. The third-order valence-electron chi connectivity index (χ3n) is 1.27. The second-order valence-corrected chi connectivity index (χ2v) is 3.76. The largest absolute Gasteiger partial charge is 1.00 e. The summed E-state index contributed by atoms with van der Waals surface area (Å²) in [5, 5.41) is 3.87. The first-order valence-electron chi connectivity index (χ1n) is 2.83. The summed E-state index contributed by atoms with van der Waals surface area (Å²) in [5.41, 5.74) is 0.665. The van der Waals surface area contributed by atoms with Gasteiger partial charge in [-0.1, -0.05) is 0 Å². The van der Waals surface area contributed by atoms with Crippen molar-refractivity contribution in [2.75, 3.05) is 0 Å². The van der Waals surface area contributed by atoms with Crippen molar-refractivity contribution < 1.29 is 38.3 Å². The van der Waals surface area contributed by atoms with E-state index in [4.69, 9.17) is 0 Å². The van der Waals surface area contributed by atoms with Gasteiger partial charge in [-0.2, -0.15) is 5.10 Å². The fraction of sp³-hybridized carbons (Fsp3) is 0.400. The van der Waals surface area contributed by atoms with E-state index in [1.54, 1.807) is 13.2 Å². The fourth-order valence-electron chi connectivity index (χ4n) is 0.710. The normalized spacial score (nSPS) is 12.2. The molecular weight excluding hydrogens is 255 g/mol. The van der Waals surface area contributed by atoms with Gasteiger partial charge in [0, 0.05) is 7.05 Å². The van der Waals surface area contributed by atoms with Gasteiger partial charge in [-0.15, -0.1) is 0 Å². The molecule has 0 aliphatic rings. The summed E-state index contributed by atoms with van der Waals surface area (Å²) in [7, 11) is 1.70. The molecule has 1 heterocycles. The van der Waals surface area contributed by atoms with Crippen LogP contribution in [-0.4, -0.2) is 18.5 Å². The second-order valence-electron chi connectivity index (χ2n) is 2.01. The molecule has 62 valence electrons. The van der Waals surface area contributed by atoms with Gasteiger partial charge in [0.05, 0.1) is 22.1 Å². The average molecular weight is 261 g/mol. The summed E-state index contributed by atoms with van der Waals surface area (Å²) in [6.45, 7) is 0. The van der Waals surface area contributed by atoms with Gasteiger partial charge in [-0.05, 0) is 27.0 Å². The molecule has 0 aliphatic heterocycles. The summed E-state index contributed by atoms with van der Waals surface area (Å²) >= 11 is 1.13. The predicted molar refractivity (Wildman–Crippen MR) is 43.5 cm³/mol. The number of rotatable bonds is 2. The predicted octanol–water partition coefficient (Wildman–Crippen LogP) is -2.43. The maximum absolute atomic E-state index is 10.3. The molecule has 1 rings (SSSR count). The van der Waals surface area contributed by atoms with Crippen molar-refractivity contribution in [2.45, 2.75) is 5.75 Å². The van der Waals surface area contributed by atoms with Crippen molar-refractivity contribution in [3.8, 4) is 0 Å². The molecule has 0 amide bonds. The Labute approximate surface area is 103 Å². The van der Waals surface area contributed by atoms with Gasteiger partial charge < -0.3 is 4.55 Å². The molecule has 0 fully saturated rings. The molecule has 7 heteroatoms. The topological polar surface area (TPSA) is 58.0 Å². The summed E-state index contributed by atoms with van der Waals surface area (Å²) in [6.07, 6.45) is 1.57. The number of hydrogen-bond acceptors (Lipinski definition) is 3. The van der Waals surface area contributed by atoms with Crippen molar-refractivity contribution in [3.05, 3.63) is 16.4 Å². The monoisotopic (exact) mass is 260 g/mol. The standard InChI is InChI=1S/C5H7BrN2O2S.Na/c1-8-5(3-11(9)10)4(6)2-7-8;/h2H,3H2,1H3,(H,9,10);/q;+1/p-1. The Morgan fingerprint density at radius 1 is 1.83 bits per heavy atom. The molecular formula is C5H6BrN2NaO2S. The smallest absolute Gasteiger partial charge is 0.772 e. The second kappa shape index (κ2) is 5.51. The Bertz CT molecular complexity index is 271. The minimum Gasteiger partial charge on any atom is -0.772 e. The summed E-state index contributed by atoms with van der Waals surface area (Å²) in [5.74, 6) is -0.00289. The van der Waals surface area contributed by atoms with E-state index in [-0.39, 0.29) is 35.3 Å². The van der Waals surface area contributed by atoms with E-state index >= 15 is 0 Å². The van der Waals surface area contributed by atoms with Crippen molar-refractivity contribution in [1.82, 2.24) is 9.78 Å². The van der Waals surface area contributed by atoms with Gasteiger partial charge in [0.2, 0.25) is 0 Å². The molecule has 12 heavy (non-hydrogen) atoms. The van der Waals surface area contributed by atoms with Crippen LogP contribution in [0.2, 0.25) is 0 Å². The van der Waals surface area contributed by atoms with Crippen molar-refractivity contribution in [1.29, 1.82) is 0 Å². The van der Waals surface area contributed by atoms with Crippen LogP contribution in [0.5, 0.6) is 0 Å². The van der Waals surface area contributed by atoms with E-state index in [0.717, 1.165) is 4.47 Å². The van der Waals surface area contributed by atoms with Crippen LogP contribution < -0.4 is 29.6 Å². The van der Waals surface area contributed by atoms with Crippen LogP contribution in [0.15, 0.2) is 10.7 Å². The molecule has 0 bridgehead atoms. The van der Waals surface area contributed by atoms with Crippen molar-refractivity contribution in [2.24, 2.45) is 7.05 Å². The zero-order chi connectivity index (χ0) is 8.43. The maximum Gasteiger partial charge on any atom is 1.00 e. The third kappa shape index (κ3) is 3.27. The van der Waals surface area contributed by atoms with E-state index in [9.17, 15) is 8.76 Å². The Kier molecular flexibility index (Phi) is 5.88. The van der Waals surface area contributed by atoms with Crippen LogP contribution in [0, 0.1) is 0 Å². The van der Waals surface area contributed by atoms with Crippen LogP contribution >= 0.6 is 15.9 Å². The van der Waals surface area contributed by atoms with E-state index in [1.165, 1.54) is 4.68 Å². The Hall–Kier alpha value is 0.800. The molecule has 0 aliphatic carbocycles. The van der Waals surface area contributed by atoms with Crippen LogP contribution in [0.25, 0.3) is 0 Å². The van der Waals surface area contributed by atoms with Gasteiger partial charge >= 0.3 is 29.6 Å². The summed E-state index contributed by atoms with van der Waals surface area (Å²) < 4.78 is 22.9. The van der Waals surface area contributed by atoms with Gasteiger partial charge in [0.1, 0.15) is 0 Å². The first kappa shape index (κ1) is 12.8. The number of aromatic nitrogens is 2. The fourth-order valence-corrected chi connectivity index (χ4v) is 1.95. The first-order valence-corrected chi connectivity index (χ1v) is 4.87. The van der Waals surface area contributed by atoms with Crippen LogP contribution in [0.1, 0.15) is 5.69 Å². The quantitative estimate of drug-likeness (QED) is 0.439. The Morgan fingerprint density at radius 2 is 2.42 bits per heavy atom. The third-order valence-corrected chi connectivity index (χ3v) is 2.44. The SMILES string of the molecule is Cn1ncc(Br)c1CS(=O)[O-].[Na+]. The van der Waals surface area contributed by atoms with E-state index in [2.05, 4.69) is 21.0 Å². The minimum atomic E-state index is -2.06. The van der Waals surface area contributed by atoms with E-state index < -0.39 is 11.1 Å². The molecule has 0 aromatic carbocycles. The number of nitrogens with zero attached hydrogens (tertiary/aromatic N) is 2. The molecule has 0 radical (unpaired) electrons. The molecule has 0 N–H and O–H groups in total. The van der Waals surface area contributed by atoms with Gasteiger partial charge in [-0.3, -0.25) is 8.89 Å². The summed E-state index contributed by atoms with van der Waals surface area (Å²) in [6, 6.07) is 0. The molecule has 4 nitrogen and oxygen atoms in total. The number of aryl methyl sites for hydroxylation is 1. The van der Waals surface area contributed by atoms with E-state index in [1.807, 2.05) is 0 Å². The zero-order valence-electron chi connectivity index (χ0n) is 6.78. The molecule has 1 atom stereocenters. The van der Waals surface area contributed by atoms with E-state index in [0.29, 0.717) is 5.69 Å². The Balaban J connectivity index is 0.00000121. The van der Waals surface area contributed by atoms with Crippen LogP contribution in [0.4, 0.5) is 0 Å². The Morgan fingerprint density at radius 3 is 2.75 bits per heavy atom. The maximum atomic E-state index is 10.3. The average Bonchev–Trinajstić information content (AvgIpc) is 2.18. The molecule has 0 saturated heterocycles. The molecule has 0 spiro atoms. The zero-order valence-corrected chi connectivity index (χ0v) is 11.2. The van der Waals surface area contributed by atoms with Gasteiger partial charge in [0.15, 0.2) is 0 Å². The van der Waals surface area contributed by atoms with Gasteiger partial charge in [0.25, 0.3) is 0 Å². The first-order chi connectivity index (χ1) is 5.11. The molecule has 1 unspecified atom stereocenters. The molecule has 0 saturated carbocycles. The minimum absolute atomic E-state index is 0. The van der Waals surface area contributed by atoms with Crippen molar-refractivity contribution >= 4 is 27.0 Å². The number of hydrogen-bond donors (Lipinski definition) is 0. The van der Waals surface area contributed by atoms with Crippen LogP contribution in [-0.2, 0) is 23.9 Å².